The lowest BCUT2D eigenvalue weighted by molar-refractivity contribution is -0.138. The Morgan fingerprint density at radius 3 is 2.45 bits per heavy atom. The van der Waals surface area contributed by atoms with Crippen molar-refractivity contribution in [1.82, 2.24) is 4.90 Å². The van der Waals surface area contributed by atoms with Gasteiger partial charge in [0.1, 0.15) is 0 Å². The van der Waals surface area contributed by atoms with Crippen LogP contribution in [-0.4, -0.2) is 40.1 Å². The van der Waals surface area contributed by atoms with E-state index in [-0.39, 0.29) is 24.1 Å². The number of carbonyl (C=O) groups excluding carboxylic acids is 1. The lowest BCUT2D eigenvalue weighted by atomic mass is 9.97. The number of hydrogen-bond donors (Lipinski definition) is 2. The van der Waals surface area contributed by atoms with E-state index in [2.05, 4.69) is 0 Å². The molecule has 2 fully saturated rings. The molecule has 1 amide bonds. The molecular weight excluding hydrogens is 252 g/mol. The molecule has 3 unspecified atom stereocenters. The third-order valence-electron chi connectivity index (χ3n) is 4.58. The minimum absolute atomic E-state index is 0.0493. The summed E-state index contributed by atoms with van der Waals surface area (Å²) >= 11 is 0. The fraction of sp³-hybridized carbons (Fsp3) is 0.562. The number of benzene rings is 1. The van der Waals surface area contributed by atoms with Gasteiger partial charge in [0.25, 0.3) is 0 Å². The Morgan fingerprint density at radius 2 is 1.85 bits per heavy atom. The van der Waals surface area contributed by atoms with Crippen molar-refractivity contribution in [2.75, 3.05) is 0 Å². The van der Waals surface area contributed by atoms with E-state index in [0.717, 1.165) is 18.4 Å². The van der Waals surface area contributed by atoms with Crippen LogP contribution in [0.5, 0.6) is 0 Å². The molecule has 3 N–H and O–H groups in total. The maximum absolute atomic E-state index is 12.6. The molecule has 2 saturated heterocycles. The molecule has 2 aliphatic rings. The summed E-state index contributed by atoms with van der Waals surface area (Å²) in [6.45, 7) is 0. The van der Waals surface area contributed by atoms with Crippen molar-refractivity contribution in [2.24, 2.45) is 5.73 Å². The molecule has 3 rings (SSSR count). The topological polar surface area (TPSA) is 66.6 Å². The van der Waals surface area contributed by atoms with Crippen molar-refractivity contribution in [3.05, 3.63) is 35.9 Å². The molecular formula is C16H22N2O2. The second kappa shape index (κ2) is 5.54. The number of piperidine rings is 1. The van der Waals surface area contributed by atoms with Crippen molar-refractivity contribution in [2.45, 2.75) is 56.3 Å². The number of carbonyl (C=O) groups is 1. The number of aliphatic hydroxyl groups is 1. The molecule has 4 nitrogen and oxygen atoms in total. The lowest BCUT2D eigenvalue weighted by Crippen LogP contribution is -2.54. The SMILES string of the molecule is NC(Cc1ccccc1)C(=O)N1C2CCC1CC(O)C2. The number of rotatable bonds is 3. The van der Waals surface area contributed by atoms with Gasteiger partial charge in [-0.2, -0.15) is 0 Å². The summed E-state index contributed by atoms with van der Waals surface area (Å²) in [5.74, 6) is 0.0493. The van der Waals surface area contributed by atoms with Crippen LogP contribution in [-0.2, 0) is 11.2 Å². The predicted molar refractivity (Wildman–Crippen MR) is 77.0 cm³/mol. The summed E-state index contributed by atoms with van der Waals surface area (Å²) in [7, 11) is 0. The molecule has 1 aromatic carbocycles. The second-order valence-electron chi connectivity index (χ2n) is 6.05. The van der Waals surface area contributed by atoms with Crippen LogP contribution in [0.15, 0.2) is 30.3 Å². The highest BCUT2D eigenvalue weighted by atomic mass is 16.3. The molecule has 0 saturated carbocycles. The lowest BCUT2D eigenvalue weighted by Gasteiger charge is -2.38. The summed E-state index contributed by atoms with van der Waals surface area (Å²) in [5.41, 5.74) is 7.21. The zero-order valence-corrected chi connectivity index (χ0v) is 11.6. The first kappa shape index (κ1) is 13.6. The van der Waals surface area contributed by atoms with Gasteiger partial charge in [0.15, 0.2) is 0 Å². The predicted octanol–water partition coefficient (Wildman–Crippen LogP) is 1.07. The molecule has 0 aliphatic carbocycles. The zero-order valence-electron chi connectivity index (χ0n) is 11.6. The first-order valence-corrected chi connectivity index (χ1v) is 7.45. The Morgan fingerprint density at radius 1 is 1.25 bits per heavy atom. The van der Waals surface area contributed by atoms with Crippen LogP contribution in [0.2, 0.25) is 0 Å². The number of amides is 1. The van der Waals surface area contributed by atoms with Crippen LogP contribution < -0.4 is 5.73 Å². The number of aliphatic hydroxyl groups excluding tert-OH is 1. The Labute approximate surface area is 119 Å². The quantitative estimate of drug-likeness (QED) is 0.866. The van der Waals surface area contributed by atoms with Gasteiger partial charge >= 0.3 is 0 Å². The Hall–Kier alpha value is -1.39. The van der Waals surface area contributed by atoms with Gasteiger partial charge < -0.3 is 15.7 Å². The molecule has 2 heterocycles. The number of hydrogen-bond acceptors (Lipinski definition) is 3. The number of nitrogens with zero attached hydrogens (tertiary/aromatic N) is 1. The third-order valence-corrected chi connectivity index (χ3v) is 4.58. The molecule has 20 heavy (non-hydrogen) atoms. The highest BCUT2D eigenvalue weighted by Gasteiger charge is 2.43. The van der Waals surface area contributed by atoms with Gasteiger partial charge in [-0.3, -0.25) is 4.79 Å². The van der Waals surface area contributed by atoms with Crippen LogP contribution in [0.1, 0.15) is 31.2 Å². The van der Waals surface area contributed by atoms with E-state index in [9.17, 15) is 9.90 Å². The van der Waals surface area contributed by atoms with Gasteiger partial charge in [0, 0.05) is 12.1 Å². The molecule has 0 radical (unpaired) electrons. The first-order chi connectivity index (χ1) is 9.65. The molecule has 0 aromatic heterocycles. The highest BCUT2D eigenvalue weighted by Crippen LogP contribution is 2.36. The van der Waals surface area contributed by atoms with Crippen molar-refractivity contribution in [3.8, 4) is 0 Å². The summed E-state index contributed by atoms with van der Waals surface area (Å²) in [5, 5.41) is 9.79. The maximum atomic E-state index is 12.6. The van der Waals surface area contributed by atoms with E-state index in [1.165, 1.54) is 0 Å². The van der Waals surface area contributed by atoms with Crippen molar-refractivity contribution < 1.29 is 9.90 Å². The normalized spacial score (nSPS) is 30.3. The fourth-order valence-corrected chi connectivity index (χ4v) is 3.65. The van der Waals surface area contributed by atoms with Crippen molar-refractivity contribution in [1.29, 1.82) is 0 Å². The molecule has 2 aliphatic heterocycles. The molecule has 108 valence electrons. The second-order valence-corrected chi connectivity index (χ2v) is 6.05. The monoisotopic (exact) mass is 274 g/mol. The van der Waals surface area contributed by atoms with Crippen LogP contribution in [0.4, 0.5) is 0 Å². The Balaban J connectivity index is 1.67. The average Bonchev–Trinajstić information content (AvgIpc) is 2.71. The number of fused-ring (bicyclic) bond motifs is 2. The maximum Gasteiger partial charge on any atom is 0.240 e. The zero-order chi connectivity index (χ0) is 14.1. The van der Waals surface area contributed by atoms with E-state index in [1.807, 2.05) is 35.2 Å². The summed E-state index contributed by atoms with van der Waals surface area (Å²) in [6, 6.07) is 9.81. The van der Waals surface area contributed by atoms with Crippen LogP contribution in [0, 0.1) is 0 Å². The standard InChI is InChI=1S/C16H22N2O2/c17-15(8-11-4-2-1-3-5-11)16(20)18-12-6-7-13(18)10-14(19)9-12/h1-5,12-15,19H,6-10,17H2. The summed E-state index contributed by atoms with van der Waals surface area (Å²) in [6.07, 6.45) is 3.76. The van der Waals surface area contributed by atoms with Crippen molar-refractivity contribution in [3.63, 3.8) is 0 Å². The molecule has 4 heteroatoms. The Bertz CT molecular complexity index is 463. The minimum Gasteiger partial charge on any atom is -0.393 e. The minimum atomic E-state index is -0.476. The third kappa shape index (κ3) is 2.58. The summed E-state index contributed by atoms with van der Waals surface area (Å²) < 4.78 is 0. The smallest absolute Gasteiger partial charge is 0.240 e. The van der Waals surface area contributed by atoms with Gasteiger partial charge in [-0.05, 0) is 37.7 Å². The van der Waals surface area contributed by atoms with Gasteiger partial charge in [0.2, 0.25) is 5.91 Å². The largest absolute Gasteiger partial charge is 0.393 e. The molecule has 3 atom stereocenters. The van der Waals surface area contributed by atoms with E-state index >= 15 is 0 Å². The van der Waals surface area contributed by atoms with E-state index in [4.69, 9.17) is 5.73 Å². The highest BCUT2D eigenvalue weighted by molar-refractivity contribution is 5.83. The fourth-order valence-electron chi connectivity index (χ4n) is 3.65. The summed E-state index contributed by atoms with van der Waals surface area (Å²) in [4.78, 5) is 14.5. The van der Waals surface area contributed by atoms with Gasteiger partial charge in [-0.15, -0.1) is 0 Å². The van der Waals surface area contributed by atoms with Gasteiger partial charge in [-0.25, -0.2) is 0 Å². The van der Waals surface area contributed by atoms with Crippen LogP contribution in [0.25, 0.3) is 0 Å². The molecule has 0 spiro atoms. The van der Waals surface area contributed by atoms with Crippen molar-refractivity contribution >= 4 is 5.91 Å². The molecule has 1 aromatic rings. The van der Waals surface area contributed by atoms with E-state index in [0.29, 0.717) is 19.3 Å². The van der Waals surface area contributed by atoms with Gasteiger partial charge in [0.05, 0.1) is 12.1 Å². The number of nitrogens with two attached hydrogens (primary N) is 1. The van der Waals surface area contributed by atoms with Crippen LogP contribution in [0.3, 0.4) is 0 Å². The van der Waals surface area contributed by atoms with Gasteiger partial charge in [-0.1, -0.05) is 30.3 Å². The average molecular weight is 274 g/mol. The van der Waals surface area contributed by atoms with E-state index < -0.39 is 6.04 Å². The van der Waals surface area contributed by atoms with E-state index in [1.54, 1.807) is 0 Å². The van der Waals surface area contributed by atoms with Crippen LogP contribution >= 0.6 is 0 Å². The first-order valence-electron chi connectivity index (χ1n) is 7.45. The molecule has 2 bridgehead atoms. The Kier molecular flexibility index (Phi) is 3.76.